The minimum atomic E-state index is -0.134. The van der Waals surface area contributed by atoms with Crippen LogP contribution in [0.1, 0.15) is 0 Å². The summed E-state index contributed by atoms with van der Waals surface area (Å²) in [4.78, 5) is 0. The SMILES string of the molecule is COC(C=S)C=S. The summed E-state index contributed by atoms with van der Waals surface area (Å²) in [7, 11) is 1.57. The van der Waals surface area contributed by atoms with Gasteiger partial charge in [-0.1, -0.05) is 24.4 Å². The topological polar surface area (TPSA) is 9.23 Å². The molecule has 0 saturated heterocycles. The van der Waals surface area contributed by atoms with Crippen LogP contribution in [-0.2, 0) is 4.74 Å². The van der Waals surface area contributed by atoms with E-state index in [1.165, 1.54) is 10.7 Å². The number of methoxy groups -OCH3 is 1. The van der Waals surface area contributed by atoms with Crippen LogP contribution in [-0.4, -0.2) is 23.9 Å². The van der Waals surface area contributed by atoms with E-state index in [1.807, 2.05) is 0 Å². The summed E-state index contributed by atoms with van der Waals surface area (Å²) in [6.45, 7) is 0. The van der Waals surface area contributed by atoms with Gasteiger partial charge in [-0.05, 0) is 0 Å². The third-order valence-corrected chi connectivity index (χ3v) is 1.08. The molecule has 0 aromatic heterocycles. The molecule has 0 heterocycles. The first-order chi connectivity index (χ1) is 3.35. The summed E-state index contributed by atoms with van der Waals surface area (Å²) < 4.78 is 4.73. The zero-order valence-electron chi connectivity index (χ0n) is 3.96. The van der Waals surface area contributed by atoms with Crippen molar-refractivity contribution in [1.82, 2.24) is 0 Å². The molecule has 0 aliphatic heterocycles. The van der Waals surface area contributed by atoms with Crippen molar-refractivity contribution in [2.45, 2.75) is 6.10 Å². The van der Waals surface area contributed by atoms with Gasteiger partial charge in [-0.3, -0.25) is 0 Å². The summed E-state index contributed by atoms with van der Waals surface area (Å²) in [5, 5.41) is 2.96. The molecule has 3 heteroatoms. The maximum atomic E-state index is 4.73. The molecular weight excluding hydrogens is 128 g/mol. The van der Waals surface area contributed by atoms with E-state index in [0.29, 0.717) is 0 Å². The second-order valence-corrected chi connectivity index (χ2v) is 1.52. The van der Waals surface area contributed by atoms with Gasteiger partial charge < -0.3 is 4.74 Å². The van der Waals surface area contributed by atoms with Crippen LogP contribution < -0.4 is 0 Å². The van der Waals surface area contributed by atoms with Gasteiger partial charge in [0.05, 0.1) is 0 Å². The molecule has 0 aromatic carbocycles. The molecule has 0 saturated carbocycles. The number of hydrogen-bond acceptors (Lipinski definition) is 3. The highest BCUT2D eigenvalue weighted by molar-refractivity contribution is 7.80. The first-order valence-electron chi connectivity index (χ1n) is 1.78. The average molecular weight is 134 g/mol. The predicted molar refractivity (Wildman–Crippen MR) is 38.1 cm³/mol. The molecule has 0 atom stereocenters. The van der Waals surface area contributed by atoms with Crippen molar-refractivity contribution in [3.8, 4) is 0 Å². The molecule has 40 valence electrons. The first kappa shape index (κ1) is 7.14. The highest BCUT2D eigenvalue weighted by atomic mass is 32.1. The molecule has 0 radical (unpaired) electrons. The Kier molecular flexibility index (Phi) is 4.39. The third-order valence-electron chi connectivity index (χ3n) is 0.540. The van der Waals surface area contributed by atoms with Crippen LogP contribution in [0.3, 0.4) is 0 Å². The van der Waals surface area contributed by atoms with Crippen molar-refractivity contribution in [2.75, 3.05) is 7.11 Å². The van der Waals surface area contributed by atoms with Crippen molar-refractivity contribution in [2.24, 2.45) is 0 Å². The molecule has 7 heavy (non-hydrogen) atoms. The lowest BCUT2D eigenvalue weighted by Gasteiger charge is -1.97. The first-order valence-corrected chi connectivity index (χ1v) is 2.72. The van der Waals surface area contributed by atoms with Crippen molar-refractivity contribution >= 4 is 35.2 Å². The Bertz CT molecular complexity index is 64.1. The fourth-order valence-corrected chi connectivity index (χ4v) is 0.622. The highest BCUT2D eigenvalue weighted by Crippen LogP contribution is 1.78. The van der Waals surface area contributed by atoms with E-state index in [9.17, 15) is 0 Å². The summed E-state index contributed by atoms with van der Waals surface area (Å²) in [6, 6.07) is 0. The molecule has 0 fully saturated rings. The lowest BCUT2D eigenvalue weighted by molar-refractivity contribution is 0.214. The minimum absolute atomic E-state index is 0.134. The summed E-state index contributed by atoms with van der Waals surface area (Å²) in [5.41, 5.74) is 0. The molecule has 0 unspecified atom stereocenters. The molecule has 0 N–H and O–H groups in total. The molecule has 0 rings (SSSR count). The molecule has 0 aromatic rings. The monoisotopic (exact) mass is 134 g/mol. The van der Waals surface area contributed by atoms with Gasteiger partial charge in [-0.25, -0.2) is 0 Å². The zero-order valence-corrected chi connectivity index (χ0v) is 5.59. The van der Waals surface area contributed by atoms with Crippen LogP contribution in [0.2, 0.25) is 0 Å². The van der Waals surface area contributed by atoms with Gasteiger partial charge in [0, 0.05) is 17.8 Å². The molecule has 0 aliphatic rings. The van der Waals surface area contributed by atoms with Gasteiger partial charge in [0.15, 0.2) is 0 Å². The summed E-state index contributed by atoms with van der Waals surface area (Å²) in [5.74, 6) is 0. The maximum absolute atomic E-state index is 4.73. The van der Waals surface area contributed by atoms with Gasteiger partial charge in [0.1, 0.15) is 6.10 Å². The number of hydrogen-bond donors (Lipinski definition) is 0. The van der Waals surface area contributed by atoms with Gasteiger partial charge in [-0.2, -0.15) is 0 Å². The number of rotatable bonds is 3. The molecule has 0 aliphatic carbocycles. The van der Waals surface area contributed by atoms with E-state index >= 15 is 0 Å². The highest BCUT2D eigenvalue weighted by Gasteiger charge is 1.91. The third kappa shape index (κ3) is 2.79. The van der Waals surface area contributed by atoms with Crippen molar-refractivity contribution in [3.63, 3.8) is 0 Å². The van der Waals surface area contributed by atoms with Gasteiger partial charge in [-0.15, -0.1) is 0 Å². The Hall–Kier alpha value is 0.140. The van der Waals surface area contributed by atoms with Crippen LogP contribution in [0.5, 0.6) is 0 Å². The van der Waals surface area contributed by atoms with Gasteiger partial charge >= 0.3 is 0 Å². The quantitative estimate of drug-likeness (QED) is 0.533. The van der Waals surface area contributed by atoms with Gasteiger partial charge in [0.2, 0.25) is 0 Å². The lowest BCUT2D eigenvalue weighted by atomic mass is 10.5. The standard InChI is InChI=1S/C4H6OS2/c1-5-4(2-6)3-7/h2-4H,1H3. The van der Waals surface area contributed by atoms with E-state index in [2.05, 4.69) is 24.4 Å². The molecule has 0 amide bonds. The second kappa shape index (κ2) is 4.30. The Morgan fingerprint density at radius 1 is 1.43 bits per heavy atom. The smallest absolute Gasteiger partial charge is 0.114 e. The fraction of sp³-hybridized carbons (Fsp3) is 0.500. The zero-order chi connectivity index (χ0) is 5.70. The molecule has 0 bridgehead atoms. The molecule has 1 nitrogen and oxygen atoms in total. The second-order valence-electron chi connectivity index (χ2n) is 0.972. The number of ether oxygens (including phenoxy) is 1. The van der Waals surface area contributed by atoms with Crippen molar-refractivity contribution < 1.29 is 4.74 Å². The van der Waals surface area contributed by atoms with Crippen LogP contribution in [0.15, 0.2) is 0 Å². The van der Waals surface area contributed by atoms with Crippen LogP contribution in [0, 0.1) is 0 Å². The summed E-state index contributed by atoms with van der Waals surface area (Å²) >= 11 is 9.05. The fourth-order valence-electron chi connectivity index (χ4n) is 0.143. The largest absolute Gasteiger partial charge is 0.372 e. The van der Waals surface area contributed by atoms with Gasteiger partial charge in [0.25, 0.3) is 0 Å². The van der Waals surface area contributed by atoms with E-state index in [-0.39, 0.29) is 6.10 Å². The Labute approximate surface area is 53.7 Å². The van der Waals surface area contributed by atoms with E-state index < -0.39 is 0 Å². The Morgan fingerprint density at radius 3 is 1.86 bits per heavy atom. The van der Waals surface area contributed by atoms with Crippen LogP contribution >= 0.6 is 24.4 Å². The lowest BCUT2D eigenvalue weighted by Crippen LogP contribution is -2.09. The van der Waals surface area contributed by atoms with Crippen LogP contribution in [0.25, 0.3) is 0 Å². The van der Waals surface area contributed by atoms with E-state index in [0.717, 1.165) is 0 Å². The van der Waals surface area contributed by atoms with Crippen molar-refractivity contribution in [1.29, 1.82) is 0 Å². The van der Waals surface area contributed by atoms with Crippen molar-refractivity contribution in [3.05, 3.63) is 0 Å². The number of thiocarbonyl (C=S) groups is 2. The normalized spacial score (nSPS) is 8.86. The molecule has 0 spiro atoms. The summed E-state index contributed by atoms with van der Waals surface area (Å²) in [6.07, 6.45) is -0.134. The van der Waals surface area contributed by atoms with Crippen LogP contribution in [0.4, 0.5) is 0 Å². The molecular formula is C4H6OS2. The Balaban J connectivity index is 3.36. The minimum Gasteiger partial charge on any atom is -0.372 e. The van der Waals surface area contributed by atoms with E-state index in [4.69, 9.17) is 4.74 Å². The van der Waals surface area contributed by atoms with E-state index in [1.54, 1.807) is 7.11 Å². The predicted octanol–water partition coefficient (Wildman–Crippen LogP) is 1.00. The Morgan fingerprint density at radius 2 is 1.86 bits per heavy atom. The average Bonchev–Trinajstić information content (AvgIpc) is 1.72. The maximum Gasteiger partial charge on any atom is 0.114 e.